The van der Waals surface area contributed by atoms with Crippen LogP contribution in [0.5, 0.6) is 5.75 Å². The maximum atomic E-state index is 13.6. The van der Waals surface area contributed by atoms with Gasteiger partial charge in [-0.2, -0.15) is 5.26 Å². The van der Waals surface area contributed by atoms with Crippen molar-refractivity contribution in [2.45, 2.75) is 19.1 Å². The molecule has 0 aliphatic rings. The third kappa shape index (κ3) is 3.72. The summed E-state index contributed by atoms with van der Waals surface area (Å²) in [5.74, 6) is -0.293. The van der Waals surface area contributed by atoms with Gasteiger partial charge >= 0.3 is 0 Å². The fraction of sp³-hybridized carbons (Fsp3) is 0.188. The van der Waals surface area contributed by atoms with Gasteiger partial charge in [0.25, 0.3) is 0 Å². The molecule has 0 saturated carbocycles. The van der Waals surface area contributed by atoms with Crippen molar-refractivity contribution in [3.63, 3.8) is 0 Å². The first-order valence-corrected chi connectivity index (χ1v) is 6.76. The molecule has 21 heavy (non-hydrogen) atoms. The van der Waals surface area contributed by atoms with Gasteiger partial charge in [0.05, 0.1) is 5.56 Å². The van der Waals surface area contributed by atoms with E-state index in [4.69, 9.17) is 27.3 Å². The number of benzene rings is 2. The van der Waals surface area contributed by atoms with Crippen LogP contribution in [0.3, 0.4) is 0 Å². The molecule has 2 aromatic rings. The summed E-state index contributed by atoms with van der Waals surface area (Å²) in [6, 6.07) is 12.7. The quantitative estimate of drug-likeness (QED) is 0.934. The van der Waals surface area contributed by atoms with Gasteiger partial charge in [0.2, 0.25) is 0 Å². The Morgan fingerprint density at radius 3 is 2.43 bits per heavy atom. The second-order valence-electron chi connectivity index (χ2n) is 4.70. The Bertz CT molecular complexity index is 665. The third-order valence-corrected chi connectivity index (χ3v) is 3.25. The summed E-state index contributed by atoms with van der Waals surface area (Å²) < 4.78 is 19.4. The van der Waals surface area contributed by atoms with Crippen molar-refractivity contribution < 1.29 is 9.13 Å². The minimum Gasteiger partial charge on any atom is -0.484 e. The topological polar surface area (TPSA) is 59.0 Å². The first kappa shape index (κ1) is 15.3. The summed E-state index contributed by atoms with van der Waals surface area (Å²) in [5, 5.41) is 9.34. The first-order chi connectivity index (χ1) is 10.0. The van der Waals surface area contributed by atoms with E-state index in [0.29, 0.717) is 10.8 Å². The highest BCUT2D eigenvalue weighted by atomic mass is 35.5. The molecule has 0 heterocycles. The van der Waals surface area contributed by atoms with E-state index < -0.39 is 11.9 Å². The van der Waals surface area contributed by atoms with Crippen LogP contribution >= 0.6 is 11.6 Å². The molecule has 2 N–H and O–H groups in total. The lowest BCUT2D eigenvalue weighted by molar-refractivity contribution is 0.180. The molecule has 0 radical (unpaired) electrons. The molecule has 0 aliphatic heterocycles. The zero-order valence-electron chi connectivity index (χ0n) is 11.4. The van der Waals surface area contributed by atoms with Gasteiger partial charge in [-0.15, -0.1) is 0 Å². The standard InChI is InChI=1S/C16H14ClFN2O/c1-10(20)16(11-2-5-13(17)6-3-11)21-14-7-4-12(9-19)15(18)8-14/h2-8,10,16H,20H2,1H3. The van der Waals surface area contributed by atoms with E-state index in [-0.39, 0.29) is 11.6 Å². The smallest absolute Gasteiger partial charge is 0.144 e. The van der Waals surface area contributed by atoms with Crippen molar-refractivity contribution in [3.8, 4) is 11.8 Å². The zero-order chi connectivity index (χ0) is 15.4. The lowest BCUT2D eigenvalue weighted by Crippen LogP contribution is -2.29. The third-order valence-electron chi connectivity index (χ3n) is 3.00. The number of ether oxygens (including phenoxy) is 1. The predicted octanol–water partition coefficient (Wildman–Crippen LogP) is 3.82. The minimum atomic E-state index is -0.616. The first-order valence-electron chi connectivity index (χ1n) is 6.38. The molecule has 2 rings (SSSR count). The molecule has 0 saturated heterocycles. The second-order valence-corrected chi connectivity index (χ2v) is 5.14. The highest BCUT2D eigenvalue weighted by Crippen LogP contribution is 2.26. The molecule has 2 unspecified atom stereocenters. The highest BCUT2D eigenvalue weighted by Gasteiger charge is 2.19. The van der Waals surface area contributed by atoms with Gasteiger partial charge in [-0.1, -0.05) is 23.7 Å². The van der Waals surface area contributed by atoms with E-state index in [1.54, 1.807) is 31.2 Å². The summed E-state index contributed by atoms with van der Waals surface area (Å²) in [6.07, 6.45) is -0.436. The van der Waals surface area contributed by atoms with E-state index >= 15 is 0 Å². The number of nitrogens with zero attached hydrogens (tertiary/aromatic N) is 1. The molecular weight excluding hydrogens is 291 g/mol. The Hall–Kier alpha value is -2.09. The van der Waals surface area contributed by atoms with E-state index in [1.165, 1.54) is 12.1 Å². The molecule has 0 fully saturated rings. The summed E-state index contributed by atoms with van der Waals surface area (Å²) in [5.41, 5.74) is 6.77. The van der Waals surface area contributed by atoms with Crippen molar-refractivity contribution in [1.82, 2.24) is 0 Å². The average molecular weight is 305 g/mol. The van der Waals surface area contributed by atoms with Crippen molar-refractivity contribution in [2.75, 3.05) is 0 Å². The van der Waals surface area contributed by atoms with Crippen LogP contribution in [0.4, 0.5) is 4.39 Å². The molecule has 5 heteroatoms. The molecular formula is C16H14ClFN2O. The van der Waals surface area contributed by atoms with Gasteiger partial charge in [-0.3, -0.25) is 0 Å². The van der Waals surface area contributed by atoms with Gasteiger partial charge in [0.1, 0.15) is 23.7 Å². The fourth-order valence-corrected chi connectivity index (χ4v) is 2.06. The van der Waals surface area contributed by atoms with Crippen molar-refractivity contribution in [3.05, 3.63) is 64.4 Å². The van der Waals surface area contributed by atoms with E-state index in [0.717, 1.165) is 5.56 Å². The number of rotatable bonds is 4. The van der Waals surface area contributed by atoms with Gasteiger partial charge in [0.15, 0.2) is 0 Å². The zero-order valence-corrected chi connectivity index (χ0v) is 12.1. The molecule has 0 aromatic heterocycles. The van der Waals surface area contributed by atoms with Crippen LogP contribution < -0.4 is 10.5 Å². The van der Waals surface area contributed by atoms with Crippen molar-refractivity contribution >= 4 is 11.6 Å². The molecule has 3 nitrogen and oxygen atoms in total. The Balaban J connectivity index is 2.27. The lowest BCUT2D eigenvalue weighted by atomic mass is 10.0. The molecule has 2 atom stereocenters. The Labute approximate surface area is 127 Å². The van der Waals surface area contributed by atoms with Gasteiger partial charge in [0, 0.05) is 17.1 Å². The number of halogens is 2. The maximum absolute atomic E-state index is 13.6. The normalized spacial score (nSPS) is 13.3. The number of nitriles is 1. The maximum Gasteiger partial charge on any atom is 0.144 e. The van der Waals surface area contributed by atoms with Gasteiger partial charge < -0.3 is 10.5 Å². The molecule has 0 aliphatic carbocycles. The SMILES string of the molecule is CC(N)C(Oc1ccc(C#N)c(F)c1)c1ccc(Cl)cc1. The summed E-state index contributed by atoms with van der Waals surface area (Å²) in [6.45, 7) is 1.80. The fourth-order valence-electron chi connectivity index (χ4n) is 1.94. The number of hydrogen-bond donors (Lipinski definition) is 1. The van der Waals surface area contributed by atoms with E-state index in [2.05, 4.69) is 0 Å². The van der Waals surface area contributed by atoms with Gasteiger partial charge in [-0.25, -0.2) is 4.39 Å². The second kappa shape index (κ2) is 6.57. The Morgan fingerprint density at radius 2 is 1.90 bits per heavy atom. The largest absolute Gasteiger partial charge is 0.484 e. The van der Waals surface area contributed by atoms with Crippen molar-refractivity contribution in [1.29, 1.82) is 5.26 Å². The van der Waals surface area contributed by atoms with E-state index in [1.807, 2.05) is 12.1 Å². The van der Waals surface area contributed by atoms with Crippen molar-refractivity contribution in [2.24, 2.45) is 5.73 Å². The molecule has 108 valence electrons. The molecule has 0 spiro atoms. The Kier molecular flexibility index (Phi) is 4.79. The average Bonchev–Trinajstić information content (AvgIpc) is 2.46. The molecule has 2 aromatic carbocycles. The lowest BCUT2D eigenvalue weighted by Gasteiger charge is -2.23. The van der Waals surface area contributed by atoms with Crippen LogP contribution in [0, 0.1) is 17.1 Å². The van der Waals surface area contributed by atoms with Crippen LogP contribution in [0.15, 0.2) is 42.5 Å². The monoisotopic (exact) mass is 304 g/mol. The number of nitrogens with two attached hydrogens (primary N) is 1. The highest BCUT2D eigenvalue weighted by molar-refractivity contribution is 6.30. The summed E-state index contributed by atoms with van der Waals surface area (Å²) in [4.78, 5) is 0. The van der Waals surface area contributed by atoms with E-state index in [9.17, 15) is 4.39 Å². The minimum absolute atomic E-state index is 0.0220. The van der Waals surface area contributed by atoms with Crippen LogP contribution in [0.25, 0.3) is 0 Å². The predicted molar refractivity (Wildman–Crippen MR) is 79.6 cm³/mol. The Morgan fingerprint density at radius 1 is 1.24 bits per heavy atom. The summed E-state index contributed by atoms with van der Waals surface area (Å²) >= 11 is 5.86. The van der Waals surface area contributed by atoms with Crippen LogP contribution in [0.2, 0.25) is 5.02 Å². The molecule has 0 amide bonds. The van der Waals surface area contributed by atoms with Gasteiger partial charge in [-0.05, 0) is 36.8 Å². The number of hydrogen-bond acceptors (Lipinski definition) is 3. The van der Waals surface area contributed by atoms with Crippen LogP contribution in [-0.4, -0.2) is 6.04 Å². The van der Waals surface area contributed by atoms with Crippen LogP contribution in [0.1, 0.15) is 24.2 Å². The van der Waals surface area contributed by atoms with Crippen LogP contribution in [-0.2, 0) is 0 Å². The summed E-state index contributed by atoms with van der Waals surface area (Å²) in [7, 11) is 0. The molecule has 0 bridgehead atoms.